The molecule has 3 aliphatic rings. The van der Waals surface area contributed by atoms with E-state index in [0.717, 1.165) is 28.3 Å². The monoisotopic (exact) mass is 646 g/mol. The number of pyridine rings is 1. The summed E-state index contributed by atoms with van der Waals surface area (Å²) in [5.74, 6) is -2.76. The SMILES string of the molecule is Nc1nc(/C(=N/O)C(=O)N[C@@H]2C(=O)N3C(C(=O)O)=C(/C=C4\CCN(Cc5cc[n+](Cc6ccccc6)cc5)C4=O)CS[C@H]23)cs1. The number of rotatable bonds is 9. The minimum atomic E-state index is -1.31. The fraction of sp³-hybridized carbons (Fsp3) is 0.233. The highest BCUT2D eigenvalue weighted by molar-refractivity contribution is 8.00. The second kappa shape index (κ2) is 12.5. The van der Waals surface area contributed by atoms with Gasteiger partial charge in [-0.1, -0.05) is 35.5 Å². The molecule has 3 aliphatic heterocycles. The first-order valence-corrected chi connectivity index (χ1v) is 15.8. The van der Waals surface area contributed by atoms with Gasteiger partial charge in [0.2, 0.25) is 5.91 Å². The highest BCUT2D eigenvalue weighted by Crippen LogP contribution is 2.41. The summed E-state index contributed by atoms with van der Waals surface area (Å²) in [6, 6.07) is 13.0. The molecule has 0 aliphatic carbocycles. The number of thiazole rings is 1. The van der Waals surface area contributed by atoms with E-state index in [-0.39, 0.29) is 28.2 Å². The van der Waals surface area contributed by atoms with E-state index in [1.165, 1.54) is 22.7 Å². The Morgan fingerprint density at radius 1 is 1.16 bits per heavy atom. The Labute approximate surface area is 265 Å². The topological polar surface area (TPSA) is 182 Å². The molecule has 5 N–H and O–H groups in total. The third-order valence-corrected chi connectivity index (χ3v) is 9.65. The van der Waals surface area contributed by atoms with Crippen molar-refractivity contribution >= 4 is 57.6 Å². The van der Waals surface area contributed by atoms with E-state index < -0.39 is 34.9 Å². The minimum Gasteiger partial charge on any atom is -0.477 e. The number of hydrogen-bond acceptors (Lipinski definition) is 10. The second-order valence-corrected chi connectivity index (χ2v) is 12.6. The maximum atomic E-state index is 13.3. The summed E-state index contributed by atoms with van der Waals surface area (Å²) < 4.78 is 2.06. The minimum absolute atomic E-state index is 0.0479. The summed E-state index contributed by atoms with van der Waals surface area (Å²) in [4.78, 5) is 58.2. The third-order valence-electron chi connectivity index (χ3n) is 7.67. The van der Waals surface area contributed by atoms with Crippen LogP contribution in [0.25, 0.3) is 0 Å². The van der Waals surface area contributed by atoms with Gasteiger partial charge in [0.05, 0.1) is 0 Å². The lowest BCUT2D eigenvalue weighted by Crippen LogP contribution is -2.71. The number of fused-ring (bicyclic) bond motifs is 1. The zero-order chi connectivity index (χ0) is 31.7. The number of carbonyl (C=O) groups excluding carboxylic acids is 3. The Balaban J connectivity index is 1.12. The molecular formula is C30H28N7O6S2+. The van der Waals surface area contributed by atoms with Crippen LogP contribution in [0, 0.1) is 0 Å². The van der Waals surface area contributed by atoms with Crippen molar-refractivity contribution in [1.29, 1.82) is 0 Å². The van der Waals surface area contributed by atoms with Gasteiger partial charge in [0.15, 0.2) is 29.8 Å². The predicted octanol–water partition coefficient (Wildman–Crippen LogP) is 1.34. The third kappa shape index (κ3) is 6.04. The lowest BCUT2D eigenvalue weighted by Gasteiger charge is -2.49. The number of aromatic nitrogens is 2. The van der Waals surface area contributed by atoms with Crippen molar-refractivity contribution < 1.29 is 34.1 Å². The molecule has 230 valence electrons. The Kier molecular flexibility index (Phi) is 8.36. The smallest absolute Gasteiger partial charge is 0.352 e. The summed E-state index contributed by atoms with van der Waals surface area (Å²) in [5.41, 5.74) is 7.99. The van der Waals surface area contributed by atoms with Crippen molar-refractivity contribution in [3.05, 3.63) is 100.0 Å². The number of β-lactam (4-membered cyclic amide) rings is 1. The van der Waals surface area contributed by atoms with E-state index in [1.807, 2.05) is 42.7 Å². The van der Waals surface area contributed by atoms with Crippen molar-refractivity contribution in [2.45, 2.75) is 30.9 Å². The van der Waals surface area contributed by atoms with Gasteiger partial charge in [-0.2, -0.15) is 0 Å². The average Bonchev–Trinajstić information content (AvgIpc) is 3.61. The Hall–Kier alpha value is -5.02. The van der Waals surface area contributed by atoms with Crippen molar-refractivity contribution in [1.82, 2.24) is 20.1 Å². The number of allylic oxidation sites excluding steroid dienone is 1. The normalized spacial score (nSPS) is 20.8. The molecule has 13 nitrogen and oxygen atoms in total. The van der Waals surface area contributed by atoms with E-state index in [9.17, 15) is 29.5 Å². The number of carbonyl (C=O) groups is 4. The van der Waals surface area contributed by atoms with E-state index in [4.69, 9.17) is 5.73 Å². The van der Waals surface area contributed by atoms with Crippen LogP contribution in [0.5, 0.6) is 0 Å². The number of aliphatic carboxylic acids is 1. The zero-order valence-corrected chi connectivity index (χ0v) is 25.3. The van der Waals surface area contributed by atoms with E-state index in [2.05, 4.69) is 32.2 Å². The Morgan fingerprint density at radius 3 is 2.58 bits per heavy atom. The van der Waals surface area contributed by atoms with Gasteiger partial charge in [0, 0.05) is 47.5 Å². The molecule has 2 aromatic heterocycles. The molecule has 2 fully saturated rings. The number of nitrogens with one attached hydrogen (secondary N) is 1. The molecule has 0 bridgehead atoms. The van der Waals surface area contributed by atoms with Crippen molar-refractivity contribution in [2.24, 2.45) is 5.16 Å². The maximum Gasteiger partial charge on any atom is 0.352 e. The number of carboxylic acid groups (broad SMARTS) is 1. The summed E-state index contributed by atoms with van der Waals surface area (Å²) in [6.07, 6.45) is 5.98. The molecule has 0 radical (unpaired) electrons. The largest absolute Gasteiger partial charge is 0.477 e. The standard InChI is InChI=1S/C30H27N7O6S2/c31-30-32-21(16-45-30)22(34-43)25(38)33-23-27(40)37-24(29(41)42)20(15-44-28(23)37)12-19-8-11-36(26(19)39)14-18-6-9-35(10-7-18)13-17-4-2-1-3-5-17/h1-7,9-10,12,16,23,28H,8,11,13-15H2,(H4-,31,32,33,38,41,42,43)/p+1/b19-12+/t23-,28-/m1/s1. The number of nitrogen functional groups attached to an aromatic ring is 1. The number of nitrogens with zero attached hydrogens (tertiary/aromatic N) is 5. The van der Waals surface area contributed by atoms with Gasteiger partial charge >= 0.3 is 5.97 Å². The molecule has 0 unspecified atom stereocenters. The van der Waals surface area contributed by atoms with E-state index in [0.29, 0.717) is 30.7 Å². The summed E-state index contributed by atoms with van der Waals surface area (Å²) in [7, 11) is 0. The molecular weight excluding hydrogens is 619 g/mol. The number of likely N-dealkylation sites (tertiary alicyclic amines) is 1. The number of benzene rings is 1. The van der Waals surface area contributed by atoms with Crippen LogP contribution < -0.4 is 15.6 Å². The molecule has 0 saturated carbocycles. The fourth-order valence-corrected chi connectivity index (χ4v) is 7.30. The fourth-order valence-electron chi connectivity index (χ4n) is 5.45. The van der Waals surface area contributed by atoms with Gasteiger partial charge in [-0.25, -0.2) is 14.3 Å². The number of thioether (sulfide) groups is 1. The van der Waals surface area contributed by atoms with E-state index in [1.54, 1.807) is 11.0 Å². The number of nitrogens with two attached hydrogens (primary N) is 1. The van der Waals surface area contributed by atoms with Gasteiger partial charge < -0.3 is 26.3 Å². The quantitative estimate of drug-likeness (QED) is 0.0666. The predicted molar refractivity (Wildman–Crippen MR) is 165 cm³/mol. The van der Waals surface area contributed by atoms with Crippen molar-refractivity contribution in [2.75, 3.05) is 18.0 Å². The van der Waals surface area contributed by atoms with Gasteiger partial charge in [0.25, 0.3) is 11.8 Å². The molecule has 2 saturated heterocycles. The van der Waals surface area contributed by atoms with Gasteiger partial charge in [0.1, 0.15) is 22.8 Å². The van der Waals surface area contributed by atoms with Crippen LogP contribution in [-0.4, -0.2) is 78.2 Å². The van der Waals surface area contributed by atoms with Gasteiger partial charge in [-0.15, -0.1) is 23.1 Å². The lowest BCUT2D eigenvalue weighted by molar-refractivity contribution is -0.688. The van der Waals surface area contributed by atoms with Crippen molar-refractivity contribution in [3.8, 4) is 0 Å². The van der Waals surface area contributed by atoms with Crippen LogP contribution in [0.2, 0.25) is 0 Å². The number of hydrogen-bond donors (Lipinski definition) is 4. The first-order chi connectivity index (χ1) is 21.7. The number of oxime groups is 1. The molecule has 1 aromatic carbocycles. The van der Waals surface area contributed by atoms with Crippen LogP contribution in [0.4, 0.5) is 5.13 Å². The molecule has 6 rings (SSSR count). The maximum absolute atomic E-state index is 13.3. The van der Waals surface area contributed by atoms with Gasteiger partial charge in [-0.3, -0.25) is 19.3 Å². The van der Waals surface area contributed by atoms with Gasteiger partial charge in [-0.05, 0) is 23.6 Å². The summed E-state index contributed by atoms with van der Waals surface area (Å²) in [6.45, 7) is 1.65. The summed E-state index contributed by atoms with van der Waals surface area (Å²) in [5, 5.41) is 25.8. The van der Waals surface area contributed by atoms with E-state index >= 15 is 0 Å². The van der Waals surface area contributed by atoms with Crippen LogP contribution in [0.15, 0.2) is 88.3 Å². The molecule has 3 amide bonds. The lowest BCUT2D eigenvalue weighted by atomic mass is 10.0. The number of amides is 3. The molecule has 5 heterocycles. The molecule has 2 atom stereocenters. The number of carboxylic acids is 1. The Bertz CT molecular complexity index is 1770. The Morgan fingerprint density at radius 2 is 1.91 bits per heavy atom. The number of anilines is 1. The highest BCUT2D eigenvalue weighted by Gasteiger charge is 2.54. The van der Waals surface area contributed by atoms with Crippen LogP contribution in [0.1, 0.15) is 23.2 Å². The average molecular weight is 647 g/mol. The zero-order valence-electron chi connectivity index (χ0n) is 23.7. The molecule has 45 heavy (non-hydrogen) atoms. The second-order valence-electron chi connectivity index (χ2n) is 10.6. The van der Waals surface area contributed by atoms with Crippen LogP contribution >= 0.6 is 23.1 Å². The van der Waals surface area contributed by atoms with Crippen molar-refractivity contribution in [3.63, 3.8) is 0 Å². The van der Waals surface area contributed by atoms with Crippen LogP contribution in [0.3, 0.4) is 0 Å². The highest BCUT2D eigenvalue weighted by atomic mass is 32.2. The van der Waals surface area contributed by atoms with Crippen LogP contribution in [-0.2, 0) is 32.3 Å². The molecule has 15 heteroatoms. The molecule has 3 aromatic rings. The first kappa shape index (κ1) is 30.0. The summed E-state index contributed by atoms with van der Waals surface area (Å²) >= 11 is 2.32. The first-order valence-electron chi connectivity index (χ1n) is 13.9. The molecule has 0 spiro atoms.